The second-order valence-corrected chi connectivity index (χ2v) is 4.22. The molecule has 0 fully saturated rings. The van der Waals surface area contributed by atoms with E-state index < -0.39 is 11.0 Å². The van der Waals surface area contributed by atoms with Gasteiger partial charge in [0.25, 0.3) is 0 Å². The first-order chi connectivity index (χ1) is 10.2. The fraction of sp³-hybridized carbons (Fsp3) is 0.231. The highest BCUT2D eigenvalue weighted by atomic mass is 16.6. The molecule has 0 spiro atoms. The van der Waals surface area contributed by atoms with Crippen molar-refractivity contribution in [2.45, 2.75) is 6.04 Å². The normalized spacial score (nSPS) is 11.7. The van der Waals surface area contributed by atoms with Gasteiger partial charge in [0, 0.05) is 7.05 Å². The molecule has 0 aliphatic rings. The Hall–Kier alpha value is -2.74. The summed E-state index contributed by atoms with van der Waals surface area (Å²) >= 11 is 0. The minimum Gasteiger partial charge on any atom is -0.394 e. The molecule has 1 aromatic carbocycles. The van der Waals surface area contributed by atoms with E-state index in [-0.39, 0.29) is 24.1 Å². The van der Waals surface area contributed by atoms with Gasteiger partial charge in [0.05, 0.1) is 17.6 Å². The van der Waals surface area contributed by atoms with Crippen molar-refractivity contribution >= 4 is 17.5 Å². The van der Waals surface area contributed by atoms with Crippen molar-refractivity contribution in [3.63, 3.8) is 0 Å². The van der Waals surface area contributed by atoms with Gasteiger partial charge in [-0.2, -0.15) is 4.98 Å². The number of aliphatic hydroxyl groups excluding tert-OH is 1. The number of hydrogen-bond acceptors (Lipinski definition) is 7. The number of benzene rings is 1. The van der Waals surface area contributed by atoms with E-state index in [1.165, 1.54) is 0 Å². The zero-order chi connectivity index (χ0) is 15.2. The number of nitro groups is 1. The minimum atomic E-state index is -0.568. The topological polar surface area (TPSA) is 113 Å². The van der Waals surface area contributed by atoms with Gasteiger partial charge in [0.1, 0.15) is 6.20 Å². The Morgan fingerprint density at radius 1 is 1.38 bits per heavy atom. The standard InChI is InChI=1S/C13H15N5O3/c1-14-13-15-7-11(18(20)21)12(17-13)16-10(8-19)9-5-3-2-4-6-9/h2-7,10,19H,8H2,1H3,(H2,14,15,16,17). The third-order valence-electron chi connectivity index (χ3n) is 2.89. The molecular formula is C13H15N5O3. The predicted molar refractivity (Wildman–Crippen MR) is 78.1 cm³/mol. The Bertz CT molecular complexity index is 620. The summed E-state index contributed by atoms with van der Waals surface area (Å²) < 4.78 is 0. The Morgan fingerprint density at radius 2 is 2.10 bits per heavy atom. The second-order valence-electron chi connectivity index (χ2n) is 4.22. The Labute approximate surface area is 121 Å². The quantitative estimate of drug-likeness (QED) is 0.546. The third kappa shape index (κ3) is 3.42. The summed E-state index contributed by atoms with van der Waals surface area (Å²) in [5.74, 6) is 0.315. The molecule has 1 unspecified atom stereocenters. The van der Waals surface area contributed by atoms with Gasteiger partial charge in [0.15, 0.2) is 0 Å². The van der Waals surface area contributed by atoms with Crippen LogP contribution in [0.4, 0.5) is 17.5 Å². The maximum atomic E-state index is 11.0. The van der Waals surface area contributed by atoms with Crippen LogP contribution in [0.5, 0.6) is 0 Å². The van der Waals surface area contributed by atoms with E-state index in [1.54, 1.807) is 7.05 Å². The van der Waals surface area contributed by atoms with Crippen LogP contribution in [0, 0.1) is 10.1 Å². The fourth-order valence-electron chi connectivity index (χ4n) is 1.82. The number of hydrogen-bond donors (Lipinski definition) is 3. The first-order valence-corrected chi connectivity index (χ1v) is 6.27. The van der Waals surface area contributed by atoms with Crippen LogP contribution < -0.4 is 10.6 Å². The lowest BCUT2D eigenvalue weighted by molar-refractivity contribution is -0.384. The summed E-state index contributed by atoms with van der Waals surface area (Å²) in [6.45, 7) is -0.222. The molecule has 0 radical (unpaired) electrons. The molecule has 1 aromatic heterocycles. The van der Waals surface area contributed by atoms with Crippen LogP contribution in [0.15, 0.2) is 36.5 Å². The zero-order valence-corrected chi connectivity index (χ0v) is 11.4. The van der Waals surface area contributed by atoms with Gasteiger partial charge >= 0.3 is 5.69 Å². The summed E-state index contributed by atoms with van der Waals surface area (Å²) in [6, 6.07) is 8.65. The molecule has 110 valence electrons. The molecule has 2 rings (SSSR count). The Balaban J connectivity index is 2.34. The molecule has 0 aliphatic carbocycles. The molecule has 8 heteroatoms. The van der Waals surface area contributed by atoms with Crippen molar-refractivity contribution in [1.82, 2.24) is 9.97 Å². The van der Waals surface area contributed by atoms with Gasteiger partial charge in [-0.1, -0.05) is 30.3 Å². The maximum Gasteiger partial charge on any atom is 0.329 e. The van der Waals surface area contributed by atoms with E-state index >= 15 is 0 Å². The highest BCUT2D eigenvalue weighted by Gasteiger charge is 2.20. The SMILES string of the molecule is CNc1ncc([N+](=O)[O-])c(NC(CO)c2ccccc2)n1. The monoisotopic (exact) mass is 289 g/mol. The van der Waals surface area contributed by atoms with Crippen LogP contribution in [-0.4, -0.2) is 33.7 Å². The Morgan fingerprint density at radius 3 is 2.67 bits per heavy atom. The van der Waals surface area contributed by atoms with Crippen LogP contribution in [0.1, 0.15) is 11.6 Å². The van der Waals surface area contributed by atoms with Crippen LogP contribution in [0.25, 0.3) is 0 Å². The first kappa shape index (κ1) is 14.7. The van der Waals surface area contributed by atoms with Gasteiger partial charge in [-0.05, 0) is 5.56 Å². The lowest BCUT2D eigenvalue weighted by Gasteiger charge is -2.17. The van der Waals surface area contributed by atoms with Crippen molar-refractivity contribution in [3.05, 3.63) is 52.2 Å². The van der Waals surface area contributed by atoms with Gasteiger partial charge in [0.2, 0.25) is 11.8 Å². The van der Waals surface area contributed by atoms with Crippen molar-refractivity contribution in [3.8, 4) is 0 Å². The highest BCUT2D eigenvalue weighted by Crippen LogP contribution is 2.26. The van der Waals surface area contributed by atoms with E-state index in [0.717, 1.165) is 11.8 Å². The molecule has 0 aliphatic heterocycles. The van der Waals surface area contributed by atoms with E-state index in [4.69, 9.17) is 0 Å². The predicted octanol–water partition coefficient (Wildman–Crippen LogP) is 1.57. The molecule has 0 saturated heterocycles. The lowest BCUT2D eigenvalue weighted by Crippen LogP contribution is -2.17. The number of aromatic nitrogens is 2. The molecule has 1 atom stereocenters. The number of rotatable bonds is 6. The molecular weight excluding hydrogens is 274 g/mol. The smallest absolute Gasteiger partial charge is 0.329 e. The second kappa shape index (κ2) is 6.62. The van der Waals surface area contributed by atoms with Crippen LogP contribution in [-0.2, 0) is 0 Å². The average Bonchev–Trinajstić information content (AvgIpc) is 2.53. The minimum absolute atomic E-state index is 0.0576. The van der Waals surface area contributed by atoms with Crippen LogP contribution >= 0.6 is 0 Å². The molecule has 0 saturated carbocycles. The lowest BCUT2D eigenvalue weighted by atomic mass is 10.1. The number of aliphatic hydroxyl groups is 1. The van der Waals surface area contributed by atoms with Crippen LogP contribution in [0.3, 0.4) is 0 Å². The fourth-order valence-corrected chi connectivity index (χ4v) is 1.82. The molecule has 8 nitrogen and oxygen atoms in total. The first-order valence-electron chi connectivity index (χ1n) is 6.27. The van der Waals surface area contributed by atoms with E-state index in [1.807, 2.05) is 30.3 Å². The molecule has 0 bridgehead atoms. The number of nitrogens with one attached hydrogen (secondary N) is 2. The van der Waals surface area contributed by atoms with E-state index in [9.17, 15) is 15.2 Å². The molecule has 21 heavy (non-hydrogen) atoms. The summed E-state index contributed by atoms with van der Waals surface area (Å²) in [6.07, 6.45) is 1.13. The highest BCUT2D eigenvalue weighted by molar-refractivity contribution is 5.58. The van der Waals surface area contributed by atoms with Crippen molar-refractivity contribution in [2.24, 2.45) is 0 Å². The largest absolute Gasteiger partial charge is 0.394 e. The summed E-state index contributed by atoms with van der Waals surface area (Å²) in [7, 11) is 1.62. The van der Waals surface area contributed by atoms with E-state index in [0.29, 0.717) is 0 Å². The van der Waals surface area contributed by atoms with Gasteiger partial charge in [-0.25, -0.2) is 4.98 Å². The summed E-state index contributed by atoms with van der Waals surface area (Å²) in [4.78, 5) is 18.3. The van der Waals surface area contributed by atoms with Gasteiger partial charge < -0.3 is 15.7 Å². The molecule has 0 amide bonds. The number of anilines is 2. The maximum absolute atomic E-state index is 11.0. The number of nitrogens with zero attached hydrogens (tertiary/aromatic N) is 3. The van der Waals surface area contributed by atoms with Crippen molar-refractivity contribution in [1.29, 1.82) is 0 Å². The summed E-state index contributed by atoms with van der Waals surface area (Å²) in [5.41, 5.74) is 0.558. The van der Waals surface area contributed by atoms with Gasteiger partial charge in [-0.15, -0.1) is 0 Å². The van der Waals surface area contributed by atoms with Gasteiger partial charge in [-0.3, -0.25) is 10.1 Å². The Kier molecular flexibility index (Phi) is 4.62. The molecule has 3 N–H and O–H groups in total. The third-order valence-corrected chi connectivity index (χ3v) is 2.89. The van der Waals surface area contributed by atoms with Crippen molar-refractivity contribution < 1.29 is 10.0 Å². The summed E-state index contributed by atoms with van der Waals surface area (Å²) in [5, 5.41) is 26.1. The average molecular weight is 289 g/mol. The van der Waals surface area contributed by atoms with E-state index in [2.05, 4.69) is 20.6 Å². The molecule has 2 aromatic rings. The van der Waals surface area contributed by atoms with Crippen LogP contribution in [0.2, 0.25) is 0 Å². The zero-order valence-electron chi connectivity index (χ0n) is 11.4. The molecule has 1 heterocycles. The van der Waals surface area contributed by atoms with Crippen molar-refractivity contribution in [2.75, 3.05) is 24.3 Å².